The third-order valence-corrected chi connectivity index (χ3v) is 5.92. The smallest absolute Gasteiger partial charge is 0.387 e. The van der Waals surface area contributed by atoms with Crippen molar-refractivity contribution < 1.29 is 27.8 Å². The van der Waals surface area contributed by atoms with Crippen molar-refractivity contribution in [3.63, 3.8) is 0 Å². The van der Waals surface area contributed by atoms with Crippen molar-refractivity contribution in [2.75, 3.05) is 0 Å². The zero-order valence-electron chi connectivity index (χ0n) is 20.9. The van der Waals surface area contributed by atoms with E-state index in [4.69, 9.17) is 4.74 Å². The van der Waals surface area contributed by atoms with E-state index in [0.29, 0.717) is 16.9 Å². The Morgan fingerprint density at radius 2 is 1.66 bits per heavy atom. The van der Waals surface area contributed by atoms with Gasteiger partial charge >= 0.3 is 12.6 Å². The largest absolute Gasteiger partial charge is 0.449 e. The summed E-state index contributed by atoms with van der Waals surface area (Å²) >= 11 is 0. The van der Waals surface area contributed by atoms with Gasteiger partial charge in [0.2, 0.25) is 5.78 Å². The minimum Gasteiger partial charge on any atom is -0.449 e. The Balaban J connectivity index is 1.50. The maximum Gasteiger partial charge on any atom is 0.387 e. The number of carbonyl (C=O) groups excluding carboxylic acids is 2. The Kier molecular flexibility index (Phi) is 7.80. The topological polar surface area (TPSA) is 92.4 Å². The second-order valence-corrected chi connectivity index (χ2v) is 8.60. The van der Waals surface area contributed by atoms with Crippen molar-refractivity contribution >= 4 is 11.8 Å². The Morgan fingerprint density at radius 3 is 2.32 bits per heavy atom. The van der Waals surface area contributed by atoms with Crippen LogP contribution in [0.2, 0.25) is 0 Å². The molecule has 1 atom stereocenters. The summed E-state index contributed by atoms with van der Waals surface area (Å²) in [6.07, 6.45) is -1.13. The first-order chi connectivity index (χ1) is 18.1. The molecule has 0 spiro atoms. The molecular weight excluding hydrogens is 496 g/mol. The van der Waals surface area contributed by atoms with Crippen LogP contribution in [0, 0.1) is 13.8 Å². The minimum absolute atomic E-state index is 0.0201. The normalized spacial score (nSPS) is 11.8. The van der Waals surface area contributed by atoms with Crippen LogP contribution in [-0.2, 0) is 11.3 Å². The lowest BCUT2D eigenvalue weighted by molar-refractivity contribution is -0.0498. The van der Waals surface area contributed by atoms with Crippen molar-refractivity contribution in [1.29, 1.82) is 0 Å². The summed E-state index contributed by atoms with van der Waals surface area (Å²) in [6.45, 7) is 2.24. The third-order valence-electron chi connectivity index (χ3n) is 5.92. The van der Waals surface area contributed by atoms with Gasteiger partial charge in [0.1, 0.15) is 5.75 Å². The fourth-order valence-corrected chi connectivity index (χ4v) is 4.11. The number of ketones is 1. The second-order valence-electron chi connectivity index (χ2n) is 8.60. The molecule has 38 heavy (non-hydrogen) atoms. The second kappa shape index (κ2) is 11.2. The lowest BCUT2D eigenvalue weighted by Crippen LogP contribution is -2.28. The van der Waals surface area contributed by atoms with E-state index in [1.165, 1.54) is 31.2 Å². The number of hydrogen-bond donors (Lipinski definition) is 0. The van der Waals surface area contributed by atoms with Crippen molar-refractivity contribution in [3.8, 4) is 11.4 Å². The van der Waals surface area contributed by atoms with Gasteiger partial charge in [-0.05, 0) is 62.7 Å². The van der Waals surface area contributed by atoms with E-state index in [0.717, 1.165) is 15.9 Å². The Bertz CT molecular complexity index is 1510. The molecule has 0 saturated heterocycles. The van der Waals surface area contributed by atoms with Crippen LogP contribution in [0.4, 0.5) is 8.78 Å². The van der Waals surface area contributed by atoms with Gasteiger partial charge in [0.15, 0.2) is 11.8 Å². The predicted octanol–water partition coefficient (Wildman–Crippen LogP) is 4.73. The summed E-state index contributed by atoms with van der Waals surface area (Å²) in [5.74, 6) is -1.24. The van der Waals surface area contributed by atoms with E-state index in [1.54, 1.807) is 36.6 Å². The molecule has 10 heteroatoms. The van der Waals surface area contributed by atoms with Gasteiger partial charge in [0.25, 0.3) is 5.56 Å². The number of alkyl halides is 2. The first-order valence-corrected chi connectivity index (χ1v) is 11.8. The Hall–Kier alpha value is -4.60. The summed E-state index contributed by atoms with van der Waals surface area (Å²) < 4.78 is 37.6. The molecule has 2 aromatic heterocycles. The SMILES string of the molecule is Cc1cc(C(=O)C(C)OC(=O)c2ccc(=O)n(Cc3ccccc3)n2)c(C)n1-c1ccc(OC(F)F)cc1. The van der Waals surface area contributed by atoms with Gasteiger partial charge in [-0.25, -0.2) is 9.48 Å². The Labute approximate surface area is 217 Å². The number of benzene rings is 2. The fraction of sp³-hybridized carbons (Fsp3) is 0.214. The van der Waals surface area contributed by atoms with Gasteiger partial charge in [0, 0.05) is 28.7 Å². The molecule has 2 aromatic carbocycles. The van der Waals surface area contributed by atoms with Crippen molar-refractivity contribution in [2.45, 2.75) is 40.0 Å². The standard InChI is InChI=1S/C28H25F2N3O5/c1-17-15-23(18(2)33(17)21-9-11-22(12-10-21)38-28(29)30)26(35)19(3)37-27(36)24-13-14-25(34)32(31-24)16-20-7-5-4-6-8-20/h4-15,19,28H,16H2,1-3H3. The van der Waals surface area contributed by atoms with Crippen molar-refractivity contribution in [3.05, 3.63) is 111 Å². The molecule has 0 aliphatic carbocycles. The van der Waals surface area contributed by atoms with Crippen molar-refractivity contribution in [2.24, 2.45) is 0 Å². The number of rotatable bonds is 9. The molecule has 1 unspecified atom stereocenters. The average Bonchev–Trinajstić information content (AvgIpc) is 3.19. The van der Waals surface area contributed by atoms with E-state index < -0.39 is 24.5 Å². The van der Waals surface area contributed by atoms with Crippen LogP contribution in [0.5, 0.6) is 5.75 Å². The molecule has 8 nitrogen and oxygen atoms in total. The van der Waals surface area contributed by atoms with Crippen molar-refractivity contribution in [1.82, 2.24) is 14.3 Å². The monoisotopic (exact) mass is 521 g/mol. The number of halogens is 2. The highest BCUT2D eigenvalue weighted by Gasteiger charge is 2.25. The van der Waals surface area contributed by atoms with Crippen LogP contribution in [0.1, 0.15) is 44.7 Å². The lowest BCUT2D eigenvalue weighted by atomic mass is 10.1. The van der Waals surface area contributed by atoms with Gasteiger partial charge in [-0.15, -0.1) is 0 Å². The first kappa shape index (κ1) is 26.5. The molecular formula is C28H25F2N3O5. The van der Waals surface area contributed by atoms with Gasteiger partial charge in [-0.1, -0.05) is 30.3 Å². The van der Waals surface area contributed by atoms with Gasteiger partial charge in [0.05, 0.1) is 6.54 Å². The van der Waals surface area contributed by atoms with Crippen LogP contribution in [0.25, 0.3) is 5.69 Å². The molecule has 0 saturated carbocycles. The van der Waals surface area contributed by atoms with Gasteiger partial charge in [-0.2, -0.15) is 13.9 Å². The van der Waals surface area contributed by atoms with E-state index >= 15 is 0 Å². The van der Waals surface area contributed by atoms with E-state index in [1.807, 2.05) is 30.3 Å². The molecule has 0 aliphatic heterocycles. The van der Waals surface area contributed by atoms with Crippen LogP contribution in [-0.4, -0.2) is 38.8 Å². The highest BCUT2D eigenvalue weighted by Crippen LogP contribution is 2.25. The summed E-state index contributed by atoms with van der Waals surface area (Å²) in [6, 6.07) is 19.4. The first-order valence-electron chi connectivity index (χ1n) is 11.8. The molecule has 0 N–H and O–H groups in total. The number of hydrogen-bond acceptors (Lipinski definition) is 6. The number of nitrogens with zero attached hydrogens (tertiary/aromatic N) is 3. The molecule has 0 radical (unpaired) electrons. The summed E-state index contributed by atoms with van der Waals surface area (Å²) in [4.78, 5) is 38.2. The molecule has 196 valence electrons. The van der Waals surface area contributed by atoms with Crippen LogP contribution >= 0.6 is 0 Å². The number of carbonyl (C=O) groups is 2. The van der Waals surface area contributed by atoms with Crippen LogP contribution in [0.15, 0.2) is 77.6 Å². The minimum atomic E-state index is -2.92. The predicted molar refractivity (Wildman–Crippen MR) is 135 cm³/mol. The molecule has 2 heterocycles. The molecule has 0 bridgehead atoms. The molecule has 0 amide bonds. The van der Waals surface area contributed by atoms with E-state index in [2.05, 4.69) is 9.84 Å². The fourth-order valence-electron chi connectivity index (χ4n) is 4.11. The number of aryl methyl sites for hydroxylation is 1. The molecule has 4 aromatic rings. The number of esters is 1. The maximum absolute atomic E-state index is 13.2. The number of Topliss-reactive ketones (excluding diaryl/α,β-unsaturated/α-hetero) is 1. The number of aromatic nitrogens is 3. The Morgan fingerprint density at radius 1 is 0.974 bits per heavy atom. The summed E-state index contributed by atoms with van der Waals surface area (Å²) in [7, 11) is 0. The van der Waals surface area contributed by atoms with Crippen LogP contribution in [0.3, 0.4) is 0 Å². The van der Waals surface area contributed by atoms with Crippen LogP contribution < -0.4 is 10.3 Å². The highest BCUT2D eigenvalue weighted by atomic mass is 19.3. The van der Waals surface area contributed by atoms with Gasteiger partial charge < -0.3 is 14.0 Å². The van der Waals surface area contributed by atoms with E-state index in [9.17, 15) is 23.2 Å². The van der Waals surface area contributed by atoms with Gasteiger partial charge in [-0.3, -0.25) is 9.59 Å². The molecule has 0 fully saturated rings. The summed E-state index contributed by atoms with van der Waals surface area (Å²) in [5.41, 5.74) is 2.66. The zero-order chi connectivity index (χ0) is 27.4. The highest BCUT2D eigenvalue weighted by molar-refractivity contribution is 6.02. The summed E-state index contributed by atoms with van der Waals surface area (Å²) in [5, 5.41) is 4.11. The zero-order valence-corrected chi connectivity index (χ0v) is 20.9. The molecule has 0 aliphatic rings. The molecule has 4 rings (SSSR count). The third kappa shape index (κ3) is 5.86. The lowest BCUT2D eigenvalue weighted by Gasteiger charge is -2.14. The number of ether oxygens (including phenoxy) is 2. The van der Waals surface area contributed by atoms with E-state index in [-0.39, 0.29) is 23.5 Å². The quantitative estimate of drug-likeness (QED) is 0.234. The average molecular weight is 522 g/mol. The maximum atomic E-state index is 13.2.